The van der Waals surface area contributed by atoms with E-state index in [9.17, 15) is 9.59 Å². The van der Waals surface area contributed by atoms with Crippen molar-refractivity contribution in [3.63, 3.8) is 0 Å². The summed E-state index contributed by atoms with van der Waals surface area (Å²) in [5.74, 6) is 1.90. The maximum Gasteiger partial charge on any atom is 0.343 e. The lowest BCUT2D eigenvalue weighted by Crippen LogP contribution is -2.57. The van der Waals surface area contributed by atoms with Gasteiger partial charge in [0.15, 0.2) is 0 Å². The molecule has 2 fully saturated rings. The molecule has 0 N–H and O–H groups in total. The van der Waals surface area contributed by atoms with E-state index in [-0.39, 0.29) is 30.6 Å². The molecule has 9 nitrogen and oxygen atoms in total. The van der Waals surface area contributed by atoms with Crippen molar-refractivity contribution < 1.29 is 19.1 Å². The molecule has 3 aromatic rings. The normalized spacial score (nSPS) is 24.1. The van der Waals surface area contributed by atoms with Gasteiger partial charge in [-0.05, 0) is 92.9 Å². The van der Waals surface area contributed by atoms with Gasteiger partial charge in [0.1, 0.15) is 11.7 Å². The number of para-hydroxylation sites is 1. The first-order chi connectivity index (χ1) is 20.8. The minimum absolute atomic E-state index is 0.0503. The van der Waals surface area contributed by atoms with E-state index in [0.717, 1.165) is 37.7 Å². The predicted octanol–water partition coefficient (Wildman–Crippen LogP) is 6.16. The minimum Gasteiger partial charge on any atom is -0.472 e. The molecule has 230 valence electrons. The molecule has 5 rings (SSSR count). The molecule has 3 heterocycles. The Balaban J connectivity index is 1.53. The number of aryl methyl sites for hydroxylation is 1. The Morgan fingerprint density at radius 2 is 1.79 bits per heavy atom. The second-order valence-corrected chi connectivity index (χ2v) is 12.3. The highest BCUT2D eigenvalue weighted by Crippen LogP contribution is 2.43. The van der Waals surface area contributed by atoms with Gasteiger partial charge in [0, 0.05) is 12.7 Å². The molecule has 43 heavy (non-hydrogen) atoms. The third-order valence-electron chi connectivity index (χ3n) is 9.40. The standard InChI is InChI=1S/C34H45N5O4/c1-6-24-16-17-35-32(30(24)34(41)42-7-2)43-29-13-10-20-38(31(29)25-14-15-26(22(3)4)23(5)21-25)33(40)27-11-8-9-12-28(27)39-36-18-19-37-39/h8-9,11-12,16-19,22-23,25-26,29,31H,6-7,10,13-15,20-21H2,1-5H3/t23?,25-,26-,29?,31?/m1/s1. The number of esters is 1. The largest absolute Gasteiger partial charge is 0.472 e. The fourth-order valence-electron chi connectivity index (χ4n) is 7.42. The molecular formula is C34H45N5O4. The maximum absolute atomic E-state index is 14.5. The zero-order valence-electron chi connectivity index (χ0n) is 26.1. The van der Waals surface area contributed by atoms with Crippen molar-refractivity contribution in [2.75, 3.05) is 13.2 Å². The number of carbonyl (C=O) groups is 2. The fourth-order valence-corrected chi connectivity index (χ4v) is 7.42. The Kier molecular flexibility index (Phi) is 9.78. The van der Waals surface area contributed by atoms with Gasteiger partial charge in [0.25, 0.3) is 5.91 Å². The topological polar surface area (TPSA) is 99.4 Å². The van der Waals surface area contributed by atoms with Gasteiger partial charge in [-0.15, -0.1) is 0 Å². The van der Waals surface area contributed by atoms with Crippen molar-refractivity contribution in [3.05, 3.63) is 65.6 Å². The van der Waals surface area contributed by atoms with E-state index >= 15 is 0 Å². The Morgan fingerprint density at radius 3 is 2.49 bits per heavy atom. The van der Waals surface area contributed by atoms with Crippen LogP contribution in [0.15, 0.2) is 48.9 Å². The zero-order chi connectivity index (χ0) is 30.5. The summed E-state index contributed by atoms with van der Waals surface area (Å²) in [6.45, 7) is 11.7. The van der Waals surface area contributed by atoms with E-state index in [4.69, 9.17) is 9.47 Å². The molecule has 5 atom stereocenters. The summed E-state index contributed by atoms with van der Waals surface area (Å²) >= 11 is 0. The van der Waals surface area contributed by atoms with Crippen molar-refractivity contribution in [2.24, 2.45) is 23.7 Å². The van der Waals surface area contributed by atoms with Crippen LogP contribution in [-0.4, -0.2) is 62.1 Å². The molecule has 1 saturated heterocycles. The zero-order valence-corrected chi connectivity index (χ0v) is 26.1. The van der Waals surface area contributed by atoms with Gasteiger partial charge in [-0.2, -0.15) is 15.0 Å². The van der Waals surface area contributed by atoms with E-state index in [1.807, 2.05) is 42.2 Å². The van der Waals surface area contributed by atoms with Crippen LogP contribution in [0.25, 0.3) is 5.69 Å². The van der Waals surface area contributed by atoms with Crippen LogP contribution in [0.2, 0.25) is 0 Å². The SMILES string of the molecule is CCOC(=O)c1c(CC)ccnc1OC1CCCN(C(=O)c2ccccc2-n2nccn2)C1[C@@H]1CC[C@H](C(C)C)C(C)C1. The quantitative estimate of drug-likeness (QED) is 0.276. The van der Waals surface area contributed by atoms with E-state index in [2.05, 4.69) is 36.0 Å². The molecule has 2 aromatic heterocycles. The number of piperidine rings is 1. The minimum atomic E-state index is -0.422. The summed E-state index contributed by atoms with van der Waals surface area (Å²) in [5, 5.41) is 8.61. The molecule has 1 aliphatic carbocycles. The van der Waals surface area contributed by atoms with E-state index in [1.54, 1.807) is 25.5 Å². The van der Waals surface area contributed by atoms with Crippen LogP contribution < -0.4 is 4.74 Å². The average Bonchev–Trinajstić information content (AvgIpc) is 3.55. The van der Waals surface area contributed by atoms with Crippen LogP contribution in [0.4, 0.5) is 0 Å². The first kappa shape index (κ1) is 30.7. The molecule has 0 radical (unpaired) electrons. The van der Waals surface area contributed by atoms with Gasteiger partial charge in [0.05, 0.1) is 36.3 Å². The Bertz CT molecular complexity index is 1390. The number of nitrogens with zero attached hydrogens (tertiary/aromatic N) is 5. The van der Waals surface area contributed by atoms with Crippen molar-refractivity contribution in [3.8, 4) is 11.6 Å². The van der Waals surface area contributed by atoms with Gasteiger partial charge in [-0.3, -0.25) is 4.79 Å². The maximum atomic E-state index is 14.5. The van der Waals surface area contributed by atoms with Crippen molar-refractivity contribution >= 4 is 11.9 Å². The number of amides is 1. The Hall–Kier alpha value is -3.75. The monoisotopic (exact) mass is 587 g/mol. The van der Waals surface area contributed by atoms with E-state index in [1.165, 1.54) is 4.80 Å². The molecule has 2 aliphatic rings. The number of likely N-dealkylation sites (tertiary alicyclic amines) is 1. The number of rotatable bonds is 9. The molecule has 0 spiro atoms. The summed E-state index contributed by atoms with van der Waals surface area (Å²) in [4.78, 5) is 35.7. The third kappa shape index (κ3) is 6.45. The van der Waals surface area contributed by atoms with Crippen LogP contribution in [0.1, 0.15) is 93.0 Å². The summed E-state index contributed by atoms with van der Waals surface area (Å²) in [6.07, 6.45) is 9.99. The van der Waals surface area contributed by atoms with Gasteiger partial charge < -0.3 is 14.4 Å². The van der Waals surface area contributed by atoms with Crippen molar-refractivity contribution in [1.82, 2.24) is 24.9 Å². The Labute approximate surface area is 255 Å². The molecule has 9 heteroatoms. The van der Waals surface area contributed by atoms with E-state index < -0.39 is 5.97 Å². The van der Waals surface area contributed by atoms with Crippen LogP contribution in [0.5, 0.6) is 5.88 Å². The number of pyridine rings is 1. The molecule has 1 amide bonds. The lowest BCUT2D eigenvalue weighted by atomic mass is 9.67. The highest BCUT2D eigenvalue weighted by atomic mass is 16.5. The van der Waals surface area contributed by atoms with Crippen LogP contribution in [-0.2, 0) is 11.2 Å². The fraction of sp³-hybridized carbons (Fsp3) is 0.559. The summed E-state index contributed by atoms with van der Waals surface area (Å²) in [7, 11) is 0. The Morgan fingerprint density at radius 1 is 1.02 bits per heavy atom. The van der Waals surface area contributed by atoms with Gasteiger partial charge in [-0.25, -0.2) is 9.78 Å². The molecule has 3 unspecified atom stereocenters. The highest BCUT2D eigenvalue weighted by Gasteiger charge is 2.45. The van der Waals surface area contributed by atoms with Crippen LogP contribution in [0.3, 0.4) is 0 Å². The smallest absolute Gasteiger partial charge is 0.343 e. The molecular weight excluding hydrogens is 542 g/mol. The highest BCUT2D eigenvalue weighted by molar-refractivity contribution is 5.98. The van der Waals surface area contributed by atoms with Crippen LogP contribution in [0, 0.1) is 23.7 Å². The number of hydrogen-bond acceptors (Lipinski definition) is 7. The molecule has 0 bridgehead atoms. The number of ether oxygens (including phenoxy) is 2. The van der Waals surface area contributed by atoms with Gasteiger partial charge in [-0.1, -0.05) is 39.8 Å². The second kappa shape index (κ2) is 13.7. The molecule has 1 aromatic carbocycles. The third-order valence-corrected chi connectivity index (χ3v) is 9.40. The predicted molar refractivity (Wildman–Crippen MR) is 164 cm³/mol. The number of benzene rings is 1. The number of aromatic nitrogens is 4. The van der Waals surface area contributed by atoms with E-state index in [0.29, 0.717) is 53.4 Å². The van der Waals surface area contributed by atoms with Gasteiger partial charge >= 0.3 is 5.97 Å². The van der Waals surface area contributed by atoms with Crippen molar-refractivity contribution in [1.29, 1.82) is 0 Å². The van der Waals surface area contributed by atoms with Crippen molar-refractivity contribution in [2.45, 2.75) is 85.3 Å². The first-order valence-corrected chi connectivity index (χ1v) is 15.9. The second-order valence-electron chi connectivity index (χ2n) is 12.3. The summed E-state index contributed by atoms with van der Waals surface area (Å²) in [6, 6.07) is 9.19. The summed E-state index contributed by atoms with van der Waals surface area (Å²) in [5.41, 5.74) is 2.45. The molecule has 1 aliphatic heterocycles. The number of carbonyl (C=O) groups excluding carboxylic acids is 2. The first-order valence-electron chi connectivity index (χ1n) is 15.9. The summed E-state index contributed by atoms with van der Waals surface area (Å²) < 4.78 is 12.2. The molecule has 1 saturated carbocycles. The average molecular weight is 588 g/mol. The van der Waals surface area contributed by atoms with Crippen LogP contribution >= 0.6 is 0 Å². The van der Waals surface area contributed by atoms with Gasteiger partial charge in [0.2, 0.25) is 5.88 Å². The lowest BCUT2D eigenvalue weighted by molar-refractivity contribution is -0.0206. The number of hydrogen-bond donors (Lipinski definition) is 0. The lowest BCUT2D eigenvalue weighted by Gasteiger charge is -2.48.